The summed E-state index contributed by atoms with van der Waals surface area (Å²) in [6.07, 6.45) is -11.1. The van der Waals surface area contributed by atoms with Crippen molar-refractivity contribution in [2.75, 3.05) is 39.5 Å². The van der Waals surface area contributed by atoms with Gasteiger partial charge >= 0.3 is 41.8 Å². The second-order valence-electron chi connectivity index (χ2n) is 6.40. The average Bonchev–Trinajstić information content (AvgIpc) is 2.60. The highest BCUT2D eigenvalue weighted by Crippen LogP contribution is 2.56. The van der Waals surface area contributed by atoms with Crippen LogP contribution in [0.25, 0.3) is 0 Å². The van der Waals surface area contributed by atoms with Gasteiger partial charge < -0.3 is 9.47 Å². The normalized spacial score (nSPS) is 18.2. The summed E-state index contributed by atoms with van der Waals surface area (Å²) < 4.78 is 178. The zero-order valence-corrected chi connectivity index (χ0v) is 15.0. The van der Waals surface area contributed by atoms with Crippen molar-refractivity contribution in [2.45, 2.75) is 42.2 Å². The fourth-order valence-electron chi connectivity index (χ4n) is 2.23. The summed E-state index contributed by atoms with van der Waals surface area (Å²) in [4.78, 5) is 12.6. The van der Waals surface area contributed by atoms with E-state index in [1.54, 1.807) is 0 Å². The Kier molecular flexibility index (Phi) is 7.80. The summed E-state index contributed by atoms with van der Waals surface area (Å²) in [5.74, 6) is -38.6. The molecule has 0 bridgehead atoms. The molecule has 1 rings (SSSR count). The van der Waals surface area contributed by atoms with Crippen LogP contribution in [0.2, 0.25) is 0 Å². The third-order valence-electron chi connectivity index (χ3n) is 4.11. The first-order valence-corrected chi connectivity index (χ1v) is 8.14. The summed E-state index contributed by atoms with van der Waals surface area (Å²) in [5, 5.41) is 0. The molecule has 0 aliphatic carbocycles. The quantitative estimate of drug-likeness (QED) is 0.362. The van der Waals surface area contributed by atoms with Gasteiger partial charge in [-0.1, -0.05) is 0 Å². The minimum atomic E-state index is -7.50. The van der Waals surface area contributed by atoms with Crippen LogP contribution in [-0.4, -0.2) is 86.1 Å². The van der Waals surface area contributed by atoms with E-state index >= 15 is 0 Å². The van der Waals surface area contributed by atoms with Crippen LogP contribution in [0.1, 0.15) is 6.42 Å². The Morgan fingerprint density at radius 2 is 1.26 bits per heavy atom. The maximum absolute atomic E-state index is 13.6. The Bertz CT molecular complexity index is 629. The van der Waals surface area contributed by atoms with Crippen molar-refractivity contribution in [3.63, 3.8) is 0 Å². The molecule has 0 amide bonds. The van der Waals surface area contributed by atoms with E-state index in [4.69, 9.17) is 4.74 Å². The molecule has 1 heterocycles. The average molecular weight is 491 g/mol. The van der Waals surface area contributed by atoms with Crippen LogP contribution in [0.15, 0.2) is 0 Å². The molecule has 1 saturated heterocycles. The van der Waals surface area contributed by atoms with Crippen LogP contribution in [0.4, 0.5) is 57.1 Å². The molecule has 0 N–H and O–H groups in total. The molecular formula is C14H14F13NO3. The Labute approximate surface area is 165 Å². The second-order valence-corrected chi connectivity index (χ2v) is 6.40. The minimum absolute atomic E-state index is 0.173. The van der Waals surface area contributed by atoms with E-state index in [0.29, 0.717) is 0 Å². The number of morpholine rings is 1. The topological polar surface area (TPSA) is 38.8 Å². The number of carbonyl (C=O) groups is 1. The van der Waals surface area contributed by atoms with Crippen molar-refractivity contribution >= 4 is 5.97 Å². The van der Waals surface area contributed by atoms with Crippen LogP contribution < -0.4 is 0 Å². The van der Waals surface area contributed by atoms with Gasteiger partial charge in [0.05, 0.1) is 19.6 Å². The van der Waals surface area contributed by atoms with E-state index in [2.05, 4.69) is 4.74 Å². The first kappa shape index (κ1) is 27.5. The molecule has 31 heavy (non-hydrogen) atoms. The van der Waals surface area contributed by atoms with Gasteiger partial charge in [0.1, 0.15) is 6.61 Å². The Morgan fingerprint density at radius 1 is 0.774 bits per heavy atom. The molecule has 0 aromatic carbocycles. The molecule has 0 aromatic rings. The molecule has 4 nitrogen and oxygen atoms in total. The fourth-order valence-corrected chi connectivity index (χ4v) is 2.23. The van der Waals surface area contributed by atoms with Gasteiger partial charge in [-0.2, -0.15) is 57.1 Å². The van der Waals surface area contributed by atoms with Gasteiger partial charge in [0.25, 0.3) is 0 Å². The van der Waals surface area contributed by atoms with Gasteiger partial charge in [-0.25, -0.2) is 4.79 Å². The third kappa shape index (κ3) is 5.46. The van der Waals surface area contributed by atoms with E-state index in [1.807, 2.05) is 0 Å². The monoisotopic (exact) mass is 491 g/mol. The maximum Gasteiger partial charge on any atom is 0.453 e. The van der Waals surface area contributed by atoms with Crippen LogP contribution in [-0.2, 0) is 14.3 Å². The molecule has 0 unspecified atom stereocenters. The van der Waals surface area contributed by atoms with E-state index in [9.17, 15) is 61.9 Å². The standard InChI is InChI=1S/C14H14F13NO3/c15-9(16,7-10(17,18)14(25,26)27)12(21,22)13(23,24)11(19,20)8(29)31-6-3-28-1-4-30-5-2-28/h1-7H2. The molecule has 0 radical (unpaired) electrons. The molecule has 0 saturated carbocycles. The number of nitrogens with zero attached hydrogens (tertiary/aromatic N) is 1. The SMILES string of the molecule is O=C(OCCN1CCOCC1)C(F)(F)C(F)(F)C(F)(F)C(F)(F)CC(F)(F)C(F)(F)F. The predicted octanol–water partition coefficient (Wildman–Crippen LogP) is 3.99. The second kappa shape index (κ2) is 8.78. The van der Waals surface area contributed by atoms with Gasteiger partial charge in [-0.15, -0.1) is 0 Å². The number of alkyl halides is 13. The summed E-state index contributed by atoms with van der Waals surface area (Å²) in [7, 11) is 0. The summed E-state index contributed by atoms with van der Waals surface area (Å²) in [5.41, 5.74) is 0. The largest absolute Gasteiger partial charge is 0.460 e. The summed E-state index contributed by atoms with van der Waals surface area (Å²) >= 11 is 0. The van der Waals surface area contributed by atoms with Crippen molar-refractivity contribution < 1.29 is 71.3 Å². The lowest BCUT2D eigenvalue weighted by atomic mass is 9.94. The lowest BCUT2D eigenvalue weighted by molar-refractivity contribution is -0.380. The zero-order valence-electron chi connectivity index (χ0n) is 15.0. The molecule has 0 aromatic heterocycles. The van der Waals surface area contributed by atoms with Crippen molar-refractivity contribution in [1.29, 1.82) is 0 Å². The van der Waals surface area contributed by atoms with Crippen molar-refractivity contribution in [2.24, 2.45) is 0 Å². The minimum Gasteiger partial charge on any atom is -0.460 e. The number of halogens is 13. The number of rotatable bonds is 9. The highest BCUT2D eigenvalue weighted by molar-refractivity contribution is 5.79. The summed E-state index contributed by atoms with van der Waals surface area (Å²) in [6.45, 7) is -0.693. The van der Waals surface area contributed by atoms with E-state index < -0.39 is 54.8 Å². The Morgan fingerprint density at radius 3 is 1.71 bits per heavy atom. The molecular weight excluding hydrogens is 477 g/mol. The Balaban J connectivity index is 2.97. The fraction of sp³-hybridized carbons (Fsp3) is 0.929. The molecule has 1 aliphatic rings. The van der Waals surface area contributed by atoms with E-state index in [0.717, 1.165) is 0 Å². The first-order valence-electron chi connectivity index (χ1n) is 8.14. The molecule has 1 aliphatic heterocycles. The number of hydrogen-bond acceptors (Lipinski definition) is 4. The van der Waals surface area contributed by atoms with Gasteiger partial charge in [0, 0.05) is 19.6 Å². The lowest BCUT2D eigenvalue weighted by Crippen LogP contribution is -2.66. The molecule has 1 fully saturated rings. The highest BCUT2D eigenvalue weighted by Gasteiger charge is 2.84. The molecule has 0 atom stereocenters. The smallest absolute Gasteiger partial charge is 0.453 e. The molecule has 17 heteroatoms. The van der Waals surface area contributed by atoms with E-state index in [1.165, 1.54) is 4.90 Å². The van der Waals surface area contributed by atoms with Gasteiger partial charge in [0.15, 0.2) is 0 Å². The predicted molar refractivity (Wildman–Crippen MR) is 73.6 cm³/mol. The van der Waals surface area contributed by atoms with Crippen molar-refractivity contribution in [3.8, 4) is 0 Å². The summed E-state index contributed by atoms with van der Waals surface area (Å²) in [6, 6.07) is 0. The highest BCUT2D eigenvalue weighted by atomic mass is 19.4. The van der Waals surface area contributed by atoms with Crippen LogP contribution in [0.5, 0.6) is 0 Å². The number of ether oxygens (including phenoxy) is 2. The molecule has 184 valence electrons. The van der Waals surface area contributed by atoms with Crippen molar-refractivity contribution in [3.05, 3.63) is 0 Å². The van der Waals surface area contributed by atoms with Crippen molar-refractivity contribution in [1.82, 2.24) is 4.90 Å². The lowest BCUT2D eigenvalue weighted by Gasteiger charge is -2.37. The van der Waals surface area contributed by atoms with Gasteiger partial charge in [-0.3, -0.25) is 4.90 Å². The third-order valence-corrected chi connectivity index (χ3v) is 4.11. The Hall–Kier alpha value is -1.52. The van der Waals surface area contributed by atoms with Gasteiger partial charge in [-0.05, 0) is 0 Å². The first-order chi connectivity index (χ1) is 13.7. The van der Waals surface area contributed by atoms with Gasteiger partial charge in [0.2, 0.25) is 0 Å². The van der Waals surface area contributed by atoms with Crippen LogP contribution in [0, 0.1) is 0 Å². The van der Waals surface area contributed by atoms with E-state index in [-0.39, 0.29) is 32.8 Å². The number of esters is 1. The van der Waals surface area contributed by atoms with Crippen LogP contribution in [0.3, 0.4) is 0 Å². The zero-order chi connectivity index (χ0) is 24.5. The number of carbonyl (C=O) groups excluding carboxylic acids is 1. The van der Waals surface area contributed by atoms with Crippen LogP contribution >= 0.6 is 0 Å². The maximum atomic E-state index is 13.6. The molecule has 0 spiro atoms. The number of hydrogen-bond donors (Lipinski definition) is 0.